The summed E-state index contributed by atoms with van der Waals surface area (Å²) >= 11 is 0. The average molecular weight is 208 g/mol. The molecule has 0 saturated heterocycles. The van der Waals surface area contributed by atoms with Gasteiger partial charge >= 0.3 is 5.97 Å². The van der Waals surface area contributed by atoms with Crippen LogP contribution in [0.3, 0.4) is 0 Å². The van der Waals surface area contributed by atoms with E-state index in [1.54, 1.807) is 0 Å². The molecule has 3 heteroatoms. The minimum Gasteiger partial charge on any atom is -0.480 e. The van der Waals surface area contributed by atoms with Crippen LogP contribution in [0.15, 0.2) is 24.3 Å². The second-order valence-electron chi connectivity index (χ2n) is 3.78. The first-order chi connectivity index (χ1) is 7.09. The van der Waals surface area contributed by atoms with Crippen LogP contribution in [0.4, 0.5) is 0 Å². The smallest absolute Gasteiger partial charge is 0.329 e. The maximum Gasteiger partial charge on any atom is 0.329 e. The van der Waals surface area contributed by atoms with Gasteiger partial charge in [-0.15, -0.1) is 0 Å². The molecule has 0 atom stereocenters. The Bertz CT molecular complexity index is 314. The number of hydrogen-bond acceptors (Lipinski definition) is 2. The first kappa shape index (κ1) is 11.7. The molecule has 1 rings (SSSR count). The summed E-state index contributed by atoms with van der Waals surface area (Å²) < 4.78 is 4.98. The molecule has 0 unspecified atom stereocenters. The van der Waals surface area contributed by atoms with Gasteiger partial charge in [-0.2, -0.15) is 0 Å². The molecule has 1 aromatic carbocycles. The van der Waals surface area contributed by atoms with Crippen molar-refractivity contribution < 1.29 is 14.6 Å². The van der Waals surface area contributed by atoms with Crippen molar-refractivity contribution in [2.75, 3.05) is 6.61 Å². The van der Waals surface area contributed by atoms with Gasteiger partial charge in [0.05, 0.1) is 6.61 Å². The second-order valence-corrected chi connectivity index (χ2v) is 3.78. The van der Waals surface area contributed by atoms with E-state index in [9.17, 15) is 4.79 Å². The second kappa shape index (κ2) is 5.51. The molecule has 0 aliphatic heterocycles. The van der Waals surface area contributed by atoms with Gasteiger partial charge in [-0.25, -0.2) is 4.79 Å². The lowest BCUT2D eigenvalue weighted by Gasteiger charge is -2.06. The molecule has 0 saturated carbocycles. The number of rotatable bonds is 5. The maximum atomic E-state index is 10.2. The van der Waals surface area contributed by atoms with Gasteiger partial charge in [-0.05, 0) is 17.0 Å². The van der Waals surface area contributed by atoms with E-state index in [4.69, 9.17) is 9.84 Å². The van der Waals surface area contributed by atoms with Gasteiger partial charge in [0.1, 0.15) is 6.61 Å². The van der Waals surface area contributed by atoms with Gasteiger partial charge in [0.25, 0.3) is 0 Å². The Balaban J connectivity index is 2.46. The highest BCUT2D eigenvalue weighted by molar-refractivity contribution is 5.67. The van der Waals surface area contributed by atoms with Crippen molar-refractivity contribution in [2.24, 2.45) is 0 Å². The van der Waals surface area contributed by atoms with Crippen molar-refractivity contribution in [3.05, 3.63) is 35.4 Å². The van der Waals surface area contributed by atoms with Crippen molar-refractivity contribution in [3.63, 3.8) is 0 Å². The lowest BCUT2D eigenvalue weighted by Crippen LogP contribution is -2.06. The van der Waals surface area contributed by atoms with E-state index in [1.807, 2.05) is 24.3 Å². The lowest BCUT2D eigenvalue weighted by atomic mass is 10.0. The van der Waals surface area contributed by atoms with Crippen LogP contribution in [-0.4, -0.2) is 17.7 Å². The Morgan fingerprint density at radius 2 is 1.93 bits per heavy atom. The highest BCUT2D eigenvalue weighted by Gasteiger charge is 2.00. The summed E-state index contributed by atoms with van der Waals surface area (Å²) in [5, 5.41) is 8.38. The minimum absolute atomic E-state index is 0.244. The highest BCUT2D eigenvalue weighted by Crippen LogP contribution is 2.14. The first-order valence-corrected chi connectivity index (χ1v) is 4.98. The summed E-state index contributed by atoms with van der Waals surface area (Å²) in [6, 6.07) is 8.03. The van der Waals surface area contributed by atoms with Crippen molar-refractivity contribution in [1.82, 2.24) is 0 Å². The van der Waals surface area contributed by atoms with E-state index >= 15 is 0 Å². The molecule has 0 radical (unpaired) electrons. The zero-order valence-electron chi connectivity index (χ0n) is 9.06. The summed E-state index contributed by atoms with van der Waals surface area (Å²) in [4.78, 5) is 10.2. The van der Waals surface area contributed by atoms with E-state index in [0.29, 0.717) is 12.5 Å². The normalized spacial score (nSPS) is 10.6. The Labute approximate surface area is 89.7 Å². The number of carbonyl (C=O) groups is 1. The van der Waals surface area contributed by atoms with Crippen LogP contribution in [0.5, 0.6) is 0 Å². The number of hydrogen-bond donors (Lipinski definition) is 1. The van der Waals surface area contributed by atoms with Crippen molar-refractivity contribution in [1.29, 1.82) is 0 Å². The largest absolute Gasteiger partial charge is 0.480 e. The average Bonchev–Trinajstić information content (AvgIpc) is 2.18. The number of carboxylic acid groups (broad SMARTS) is 1. The fourth-order valence-electron chi connectivity index (χ4n) is 1.25. The van der Waals surface area contributed by atoms with E-state index in [-0.39, 0.29) is 6.61 Å². The third-order valence-corrected chi connectivity index (χ3v) is 2.14. The molecule has 1 aromatic rings. The molecule has 0 amide bonds. The van der Waals surface area contributed by atoms with Gasteiger partial charge in [-0.3, -0.25) is 0 Å². The molecule has 0 aromatic heterocycles. The number of aliphatic carboxylic acids is 1. The summed E-state index contributed by atoms with van der Waals surface area (Å²) in [7, 11) is 0. The summed E-state index contributed by atoms with van der Waals surface area (Å²) in [6.45, 7) is 4.38. The molecular weight excluding hydrogens is 192 g/mol. The summed E-state index contributed by atoms with van der Waals surface area (Å²) in [5.74, 6) is -0.423. The fourth-order valence-corrected chi connectivity index (χ4v) is 1.25. The van der Waals surface area contributed by atoms with Gasteiger partial charge in [-0.1, -0.05) is 38.1 Å². The standard InChI is InChI=1S/C12H16O3/c1-9(2)11-5-3-10(4-6-11)7-15-8-12(13)14/h3-6,9H,7-8H2,1-2H3,(H,13,14). The van der Waals surface area contributed by atoms with E-state index in [2.05, 4.69) is 13.8 Å². The lowest BCUT2D eigenvalue weighted by molar-refractivity contribution is -0.142. The van der Waals surface area contributed by atoms with Crippen LogP contribution in [0.25, 0.3) is 0 Å². The van der Waals surface area contributed by atoms with Gasteiger partial charge in [0.2, 0.25) is 0 Å². The molecule has 0 bridgehead atoms. The predicted octanol–water partition coefficient (Wildman–Crippen LogP) is 2.41. The number of ether oxygens (including phenoxy) is 1. The minimum atomic E-state index is -0.936. The summed E-state index contributed by atoms with van der Waals surface area (Å²) in [5.41, 5.74) is 2.28. The maximum absolute atomic E-state index is 10.2. The van der Waals surface area contributed by atoms with E-state index in [0.717, 1.165) is 5.56 Å². The zero-order valence-corrected chi connectivity index (χ0v) is 9.06. The van der Waals surface area contributed by atoms with Crippen molar-refractivity contribution >= 4 is 5.97 Å². The molecule has 15 heavy (non-hydrogen) atoms. The monoisotopic (exact) mass is 208 g/mol. The molecule has 0 spiro atoms. The molecule has 0 aliphatic rings. The topological polar surface area (TPSA) is 46.5 Å². The highest BCUT2D eigenvalue weighted by atomic mass is 16.5. The van der Waals surface area contributed by atoms with Crippen LogP contribution in [0.2, 0.25) is 0 Å². The predicted molar refractivity (Wildman–Crippen MR) is 57.8 cm³/mol. The third-order valence-electron chi connectivity index (χ3n) is 2.14. The van der Waals surface area contributed by atoms with Crippen LogP contribution >= 0.6 is 0 Å². The Kier molecular flexibility index (Phi) is 4.31. The van der Waals surface area contributed by atoms with Crippen molar-refractivity contribution in [2.45, 2.75) is 26.4 Å². The quantitative estimate of drug-likeness (QED) is 0.808. The summed E-state index contributed by atoms with van der Waals surface area (Å²) in [6.07, 6.45) is 0. The van der Waals surface area contributed by atoms with Gasteiger partial charge in [0, 0.05) is 0 Å². The van der Waals surface area contributed by atoms with Crippen LogP contribution in [-0.2, 0) is 16.1 Å². The van der Waals surface area contributed by atoms with E-state index in [1.165, 1.54) is 5.56 Å². The van der Waals surface area contributed by atoms with E-state index < -0.39 is 5.97 Å². The Hall–Kier alpha value is -1.35. The van der Waals surface area contributed by atoms with Crippen LogP contribution in [0.1, 0.15) is 30.9 Å². The van der Waals surface area contributed by atoms with Crippen molar-refractivity contribution in [3.8, 4) is 0 Å². The van der Waals surface area contributed by atoms with Crippen LogP contribution in [0, 0.1) is 0 Å². The number of carboxylic acids is 1. The molecule has 1 N–H and O–H groups in total. The van der Waals surface area contributed by atoms with Gasteiger partial charge in [0.15, 0.2) is 0 Å². The molecule has 0 heterocycles. The van der Waals surface area contributed by atoms with Crippen LogP contribution < -0.4 is 0 Å². The first-order valence-electron chi connectivity index (χ1n) is 4.98. The van der Waals surface area contributed by atoms with Gasteiger partial charge < -0.3 is 9.84 Å². The third kappa shape index (κ3) is 4.13. The Morgan fingerprint density at radius 1 is 1.33 bits per heavy atom. The molecule has 3 nitrogen and oxygen atoms in total. The Morgan fingerprint density at radius 3 is 2.40 bits per heavy atom. The fraction of sp³-hybridized carbons (Fsp3) is 0.417. The molecule has 0 fully saturated rings. The molecule has 0 aliphatic carbocycles. The number of benzene rings is 1. The SMILES string of the molecule is CC(C)c1ccc(COCC(=O)O)cc1. The molecule has 82 valence electrons. The molecular formula is C12H16O3. The zero-order chi connectivity index (χ0) is 11.3.